The van der Waals surface area contributed by atoms with Crippen LogP contribution in [0.2, 0.25) is 0 Å². The third-order valence-electron chi connectivity index (χ3n) is 2.19. The molecule has 0 radical (unpaired) electrons. The molecule has 0 saturated carbocycles. The first kappa shape index (κ1) is 11.0. The lowest BCUT2D eigenvalue weighted by Gasteiger charge is -2.29. The maximum atomic E-state index is 11.5. The first-order valence-corrected chi connectivity index (χ1v) is 4.79. The van der Waals surface area contributed by atoms with Gasteiger partial charge in [0, 0.05) is 20.1 Å². The van der Waals surface area contributed by atoms with E-state index in [9.17, 15) is 9.59 Å². The maximum absolute atomic E-state index is 11.5. The van der Waals surface area contributed by atoms with Crippen molar-refractivity contribution in [2.24, 2.45) is 0 Å². The topological polar surface area (TPSA) is 58.6 Å². The van der Waals surface area contributed by atoms with E-state index in [0.29, 0.717) is 13.2 Å². The highest BCUT2D eigenvalue weighted by atomic mass is 16.5. The second kappa shape index (κ2) is 4.95. The van der Waals surface area contributed by atoms with E-state index in [0.717, 1.165) is 6.54 Å². The fraction of sp³-hybridized carbons (Fsp3) is 0.778. The highest BCUT2D eigenvalue weighted by molar-refractivity contribution is 5.87. The quantitative estimate of drug-likeness (QED) is 0.616. The fourth-order valence-corrected chi connectivity index (χ4v) is 1.42. The van der Waals surface area contributed by atoms with Gasteiger partial charge in [-0.05, 0) is 6.92 Å². The minimum atomic E-state index is -0.409. The van der Waals surface area contributed by atoms with E-state index in [4.69, 9.17) is 4.74 Å². The van der Waals surface area contributed by atoms with Crippen molar-refractivity contribution in [2.75, 3.05) is 26.7 Å². The molecule has 1 aliphatic heterocycles. The predicted octanol–water partition coefficient (Wildman–Crippen LogP) is -0.630. The van der Waals surface area contributed by atoms with Gasteiger partial charge in [-0.1, -0.05) is 0 Å². The summed E-state index contributed by atoms with van der Waals surface area (Å²) in [5, 5.41) is 3.00. The maximum Gasteiger partial charge on any atom is 0.307 e. The SMILES string of the molecule is CCOC(=O)CC1NCCN(C)C1=O. The van der Waals surface area contributed by atoms with Crippen molar-refractivity contribution in [1.29, 1.82) is 0 Å². The summed E-state index contributed by atoms with van der Waals surface area (Å²) in [4.78, 5) is 24.3. The van der Waals surface area contributed by atoms with Crippen molar-refractivity contribution in [3.8, 4) is 0 Å². The second-order valence-electron chi connectivity index (χ2n) is 3.28. The summed E-state index contributed by atoms with van der Waals surface area (Å²) in [5.41, 5.74) is 0. The molecule has 80 valence electrons. The smallest absolute Gasteiger partial charge is 0.307 e. The molecule has 1 amide bonds. The average molecular weight is 200 g/mol. The first-order chi connectivity index (χ1) is 6.65. The molecule has 1 heterocycles. The molecule has 1 fully saturated rings. The van der Waals surface area contributed by atoms with Crippen LogP contribution < -0.4 is 5.32 Å². The van der Waals surface area contributed by atoms with E-state index in [1.165, 1.54) is 0 Å². The van der Waals surface area contributed by atoms with E-state index in [2.05, 4.69) is 5.32 Å². The van der Waals surface area contributed by atoms with Gasteiger partial charge in [-0.15, -0.1) is 0 Å². The number of nitrogens with zero attached hydrogens (tertiary/aromatic N) is 1. The van der Waals surface area contributed by atoms with Crippen molar-refractivity contribution >= 4 is 11.9 Å². The Kier molecular flexibility index (Phi) is 3.88. The lowest BCUT2D eigenvalue weighted by molar-refractivity contribution is -0.147. The molecule has 1 atom stereocenters. The number of carbonyl (C=O) groups excluding carboxylic acids is 2. The molecule has 0 spiro atoms. The molecule has 14 heavy (non-hydrogen) atoms. The third kappa shape index (κ3) is 2.70. The van der Waals surface area contributed by atoms with Crippen LogP contribution in [0.4, 0.5) is 0 Å². The van der Waals surface area contributed by atoms with Crippen LogP contribution in [0.1, 0.15) is 13.3 Å². The molecule has 0 aliphatic carbocycles. The number of hydrogen-bond donors (Lipinski definition) is 1. The molecule has 1 unspecified atom stereocenters. The molecule has 5 heteroatoms. The van der Waals surface area contributed by atoms with E-state index in [-0.39, 0.29) is 18.3 Å². The lowest BCUT2D eigenvalue weighted by Crippen LogP contribution is -2.54. The largest absolute Gasteiger partial charge is 0.466 e. The zero-order valence-electron chi connectivity index (χ0n) is 8.58. The van der Waals surface area contributed by atoms with Crippen LogP contribution in [0.5, 0.6) is 0 Å². The molecule has 0 bridgehead atoms. The van der Waals surface area contributed by atoms with Crippen molar-refractivity contribution in [3.05, 3.63) is 0 Å². The fourth-order valence-electron chi connectivity index (χ4n) is 1.42. The zero-order chi connectivity index (χ0) is 10.6. The third-order valence-corrected chi connectivity index (χ3v) is 2.19. The summed E-state index contributed by atoms with van der Waals surface area (Å²) in [5.74, 6) is -0.363. The van der Waals surface area contributed by atoms with Crippen molar-refractivity contribution in [2.45, 2.75) is 19.4 Å². The Balaban J connectivity index is 2.43. The summed E-state index contributed by atoms with van der Waals surface area (Å²) in [6.45, 7) is 3.53. The summed E-state index contributed by atoms with van der Waals surface area (Å²) >= 11 is 0. The number of ether oxygens (including phenoxy) is 1. The van der Waals surface area contributed by atoms with Gasteiger partial charge in [0.05, 0.1) is 19.1 Å². The summed E-state index contributed by atoms with van der Waals surface area (Å²) in [6.07, 6.45) is 0.122. The Bertz CT molecular complexity index is 230. The Labute approximate surface area is 83.4 Å². The first-order valence-electron chi connectivity index (χ1n) is 4.79. The van der Waals surface area contributed by atoms with E-state index in [1.807, 2.05) is 0 Å². The van der Waals surface area contributed by atoms with Crippen LogP contribution in [0.3, 0.4) is 0 Å². The molecule has 1 N–H and O–H groups in total. The molecule has 0 aromatic heterocycles. The monoisotopic (exact) mass is 200 g/mol. The van der Waals surface area contributed by atoms with Gasteiger partial charge >= 0.3 is 5.97 Å². The van der Waals surface area contributed by atoms with E-state index < -0.39 is 6.04 Å². The van der Waals surface area contributed by atoms with Gasteiger partial charge in [-0.3, -0.25) is 9.59 Å². The number of likely N-dealkylation sites (N-methyl/N-ethyl adjacent to an activating group) is 1. The number of piperazine rings is 1. The van der Waals surface area contributed by atoms with Gasteiger partial charge in [0.1, 0.15) is 0 Å². The average Bonchev–Trinajstić information content (AvgIpc) is 2.13. The molecule has 1 rings (SSSR count). The molecule has 5 nitrogen and oxygen atoms in total. The standard InChI is InChI=1S/C9H16N2O3/c1-3-14-8(12)6-7-9(13)11(2)5-4-10-7/h7,10H,3-6H2,1-2H3. The minimum Gasteiger partial charge on any atom is -0.466 e. The van der Waals surface area contributed by atoms with Gasteiger partial charge in [0.15, 0.2) is 0 Å². The summed E-state index contributed by atoms with van der Waals surface area (Å²) in [6, 6.07) is -0.409. The number of nitrogens with one attached hydrogen (secondary N) is 1. The lowest BCUT2D eigenvalue weighted by atomic mass is 10.1. The van der Waals surface area contributed by atoms with Crippen LogP contribution in [-0.2, 0) is 14.3 Å². The van der Waals surface area contributed by atoms with Gasteiger partial charge < -0.3 is 15.0 Å². The number of esters is 1. The van der Waals surface area contributed by atoms with E-state index in [1.54, 1.807) is 18.9 Å². The number of hydrogen-bond acceptors (Lipinski definition) is 4. The summed E-state index contributed by atoms with van der Waals surface area (Å²) in [7, 11) is 1.74. The van der Waals surface area contributed by atoms with Crippen LogP contribution >= 0.6 is 0 Å². The number of rotatable bonds is 3. The van der Waals surface area contributed by atoms with Gasteiger partial charge in [-0.2, -0.15) is 0 Å². The second-order valence-corrected chi connectivity index (χ2v) is 3.28. The van der Waals surface area contributed by atoms with Crippen molar-refractivity contribution in [1.82, 2.24) is 10.2 Å². The molecule has 0 aromatic carbocycles. The number of amides is 1. The Hall–Kier alpha value is -1.10. The van der Waals surface area contributed by atoms with Crippen LogP contribution in [0.25, 0.3) is 0 Å². The molecular formula is C9H16N2O3. The summed E-state index contributed by atoms with van der Waals surface area (Å²) < 4.78 is 4.78. The van der Waals surface area contributed by atoms with Gasteiger partial charge in [0.2, 0.25) is 5.91 Å². The van der Waals surface area contributed by atoms with Gasteiger partial charge in [-0.25, -0.2) is 0 Å². The van der Waals surface area contributed by atoms with Crippen LogP contribution in [0, 0.1) is 0 Å². The van der Waals surface area contributed by atoms with E-state index >= 15 is 0 Å². The highest BCUT2D eigenvalue weighted by Gasteiger charge is 2.28. The Morgan fingerprint density at radius 3 is 3.07 bits per heavy atom. The Morgan fingerprint density at radius 1 is 1.71 bits per heavy atom. The van der Waals surface area contributed by atoms with Crippen molar-refractivity contribution in [3.63, 3.8) is 0 Å². The normalized spacial score (nSPS) is 22.3. The van der Waals surface area contributed by atoms with Crippen molar-refractivity contribution < 1.29 is 14.3 Å². The molecule has 0 aromatic rings. The van der Waals surface area contributed by atoms with Crippen LogP contribution in [0.15, 0.2) is 0 Å². The molecule has 1 aliphatic rings. The highest BCUT2D eigenvalue weighted by Crippen LogP contribution is 2.03. The van der Waals surface area contributed by atoms with Gasteiger partial charge in [0.25, 0.3) is 0 Å². The van der Waals surface area contributed by atoms with Crippen LogP contribution in [-0.4, -0.2) is 49.6 Å². The zero-order valence-corrected chi connectivity index (χ0v) is 8.58. The Morgan fingerprint density at radius 2 is 2.43 bits per heavy atom. The number of carbonyl (C=O) groups is 2. The minimum absolute atomic E-state index is 0.0377. The molecular weight excluding hydrogens is 184 g/mol. The predicted molar refractivity (Wildman–Crippen MR) is 50.7 cm³/mol. The molecule has 1 saturated heterocycles.